The second-order valence-corrected chi connectivity index (χ2v) is 3.81. The maximum atomic E-state index is 3.47. The van der Waals surface area contributed by atoms with Crippen LogP contribution < -0.4 is 5.32 Å². The number of likely N-dealkylation sites (N-methyl/N-ethyl adjacent to an activating group) is 1. The molecule has 3 nitrogen and oxygen atoms in total. The van der Waals surface area contributed by atoms with E-state index in [0.717, 1.165) is 32.7 Å². The Morgan fingerprint density at radius 2 is 2.07 bits per heavy atom. The van der Waals surface area contributed by atoms with Crippen molar-refractivity contribution in [1.29, 1.82) is 0 Å². The van der Waals surface area contributed by atoms with Gasteiger partial charge in [0.2, 0.25) is 0 Å². The fraction of sp³-hybridized carbons (Fsp3) is 0.667. The Kier molecular flexibility index (Phi) is 5.43. The Hall–Kier alpha value is -0.800. The van der Waals surface area contributed by atoms with Gasteiger partial charge in [-0.25, -0.2) is 0 Å². The highest BCUT2D eigenvalue weighted by molar-refractivity contribution is 5.05. The Morgan fingerprint density at radius 1 is 1.33 bits per heavy atom. The van der Waals surface area contributed by atoms with E-state index < -0.39 is 0 Å². The third-order valence-corrected chi connectivity index (χ3v) is 2.86. The Labute approximate surface area is 93.1 Å². The molecule has 0 aliphatic carbocycles. The molecule has 0 saturated heterocycles. The Morgan fingerprint density at radius 3 is 2.60 bits per heavy atom. The van der Waals surface area contributed by atoms with Crippen molar-refractivity contribution in [3.63, 3.8) is 0 Å². The van der Waals surface area contributed by atoms with Crippen LogP contribution in [-0.2, 0) is 13.6 Å². The zero-order chi connectivity index (χ0) is 11.1. The van der Waals surface area contributed by atoms with E-state index in [-0.39, 0.29) is 0 Å². The van der Waals surface area contributed by atoms with Crippen molar-refractivity contribution in [2.75, 3.05) is 26.2 Å². The van der Waals surface area contributed by atoms with E-state index in [1.54, 1.807) is 0 Å². The molecule has 0 amide bonds. The molecule has 0 radical (unpaired) electrons. The standard InChI is InChI=1S/C12H23N3/c1-4-15(5-2)10-8-13-11-12-7-6-9-14(12)3/h6-7,9,13H,4-5,8,10-11H2,1-3H3. The van der Waals surface area contributed by atoms with Crippen molar-refractivity contribution in [2.45, 2.75) is 20.4 Å². The van der Waals surface area contributed by atoms with Crippen LogP contribution in [0, 0.1) is 0 Å². The first-order chi connectivity index (χ1) is 7.27. The van der Waals surface area contributed by atoms with Crippen molar-refractivity contribution in [2.24, 2.45) is 7.05 Å². The van der Waals surface area contributed by atoms with E-state index >= 15 is 0 Å². The van der Waals surface area contributed by atoms with Crippen LogP contribution in [0.25, 0.3) is 0 Å². The number of rotatable bonds is 7. The molecule has 86 valence electrons. The number of nitrogens with one attached hydrogen (secondary N) is 1. The normalized spacial score (nSPS) is 11.2. The predicted octanol–water partition coefficient (Wildman–Crippen LogP) is 1.46. The minimum atomic E-state index is 0.963. The Balaban J connectivity index is 2.14. The molecular formula is C12H23N3. The van der Waals surface area contributed by atoms with Gasteiger partial charge in [0, 0.05) is 38.6 Å². The first-order valence-electron chi connectivity index (χ1n) is 5.81. The summed E-state index contributed by atoms with van der Waals surface area (Å²) in [5.74, 6) is 0. The van der Waals surface area contributed by atoms with Crippen LogP contribution in [0.15, 0.2) is 18.3 Å². The molecule has 3 heteroatoms. The molecule has 0 fully saturated rings. The summed E-state index contributed by atoms with van der Waals surface area (Å²) in [6.07, 6.45) is 2.08. The SMILES string of the molecule is CCN(CC)CCNCc1cccn1C. The molecule has 0 bridgehead atoms. The second-order valence-electron chi connectivity index (χ2n) is 3.81. The predicted molar refractivity (Wildman–Crippen MR) is 64.9 cm³/mol. The van der Waals surface area contributed by atoms with E-state index in [1.807, 2.05) is 0 Å². The summed E-state index contributed by atoms with van der Waals surface area (Å²) in [4.78, 5) is 2.43. The molecule has 0 atom stereocenters. The highest BCUT2D eigenvalue weighted by Gasteiger charge is 1.99. The van der Waals surface area contributed by atoms with Crippen molar-refractivity contribution in [3.05, 3.63) is 24.0 Å². The van der Waals surface area contributed by atoms with E-state index in [9.17, 15) is 0 Å². The van der Waals surface area contributed by atoms with Gasteiger partial charge in [-0.15, -0.1) is 0 Å². The summed E-state index contributed by atoms with van der Waals surface area (Å²) in [5, 5.41) is 3.47. The van der Waals surface area contributed by atoms with Crippen LogP contribution in [0.1, 0.15) is 19.5 Å². The fourth-order valence-electron chi connectivity index (χ4n) is 1.67. The van der Waals surface area contributed by atoms with Gasteiger partial charge in [0.25, 0.3) is 0 Å². The fourth-order valence-corrected chi connectivity index (χ4v) is 1.67. The molecule has 1 heterocycles. The lowest BCUT2D eigenvalue weighted by Crippen LogP contribution is -2.31. The van der Waals surface area contributed by atoms with Gasteiger partial charge in [-0.1, -0.05) is 13.8 Å². The monoisotopic (exact) mass is 209 g/mol. The van der Waals surface area contributed by atoms with Gasteiger partial charge in [-0.05, 0) is 25.2 Å². The lowest BCUT2D eigenvalue weighted by Gasteiger charge is -2.18. The lowest BCUT2D eigenvalue weighted by atomic mass is 10.4. The number of hydrogen-bond acceptors (Lipinski definition) is 2. The average Bonchev–Trinajstić information content (AvgIpc) is 2.65. The molecular weight excluding hydrogens is 186 g/mol. The van der Waals surface area contributed by atoms with Crippen LogP contribution in [-0.4, -0.2) is 35.6 Å². The third-order valence-electron chi connectivity index (χ3n) is 2.86. The minimum Gasteiger partial charge on any atom is -0.353 e. The summed E-state index contributed by atoms with van der Waals surface area (Å²) in [5.41, 5.74) is 1.34. The molecule has 1 N–H and O–H groups in total. The van der Waals surface area contributed by atoms with E-state index in [0.29, 0.717) is 0 Å². The van der Waals surface area contributed by atoms with Crippen LogP contribution in [0.5, 0.6) is 0 Å². The van der Waals surface area contributed by atoms with Crippen molar-refractivity contribution >= 4 is 0 Å². The molecule has 15 heavy (non-hydrogen) atoms. The first-order valence-corrected chi connectivity index (χ1v) is 5.81. The third kappa shape index (κ3) is 4.06. The molecule has 0 aliphatic heterocycles. The summed E-state index contributed by atoms with van der Waals surface area (Å²) < 4.78 is 2.16. The van der Waals surface area contributed by atoms with Crippen molar-refractivity contribution in [3.8, 4) is 0 Å². The molecule has 0 unspecified atom stereocenters. The topological polar surface area (TPSA) is 20.2 Å². The number of aryl methyl sites for hydroxylation is 1. The van der Waals surface area contributed by atoms with Gasteiger partial charge in [0.1, 0.15) is 0 Å². The molecule has 0 aliphatic rings. The molecule has 1 aromatic heterocycles. The van der Waals surface area contributed by atoms with Crippen LogP contribution in [0.4, 0.5) is 0 Å². The van der Waals surface area contributed by atoms with Gasteiger partial charge >= 0.3 is 0 Å². The number of hydrogen-bond donors (Lipinski definition) is 1. The first kappa shape index (κ1) is 12.3. The summed E-state index contributed by atoms with van der Waals surface area (Å²) in [7, 11) is 2.08. The number of nitrogens with zero attached hydrogens (tertiary/aromatic N) is 2. The lowest BCUT2D eigenvalue weighted by molar-refractivity contribution is 0.302. The smallest absolute Gasteiger partial charge is 0.0359 e. The summed E-state index contributed by atoms with van der Waals surface area (Å²) in [6, 6.07) is 4.24. The van der Waals surface area contributed by atoms with Gasteiger partial charge in [0.15, 0.2) is 0 Å². The molecule has 1 aromatic rings. The maximum absolute atomic E-state index is 3.47. The van der Waals surface area contributed by atoms with Gasteiger partial charge < -0.3 is 14.8 Å². The molecule has 1 rings (SSSR count). The van der Waals surface area contributed by atoms with Crippen LogP contribution in [0.2, 0.25) is 0 Å². The molecule has 0 aromatic carbocycles. The number of aromatic nitrogens is 1. The van der Waals surface area contributed by atoms with E-state index in [4.69, 9.17) is 0 Å². The summed E-state index contributed by atoms with van der Waals surface area (Å²) in [6.45, 7) is 9.86. The average molecular weight is 209 g/mol. The van der Waals surface area contributed by atoms with Gasteiger partial charge in [-0.3, -0.25) is 0 Å². The quantitative estimate of drug-likeness (QED) is 0.686. The van der Waals surface area contributed by atoms with E-state index in [2.05, 4.69) is 54.0 Å². The second kappa shape index (κ2) is 6.64. The molecule has 0 saturated carbocycles. The summed E-state index contributed by atoms with van der Waals surface area (Å²) >= 11 is 0. The van der Waals surface area contributed by atoms with Gasteiger partial charge in [-0.2, -0.15) is 0 Å². The maximum Gasteiger partial charge on any atom is 0.0359 e. The Bertz CT molecular complexity index is 264. The molecule has 0 spiro atoms. The largest absolute Gasteiger partial charge is 0.353 e. The van der Waals surface area contributed by atoms with Crippen LogP contribution >= 0.6 is 0 Å². The van der Waals surface area contributed by atoms with E-state index in [1.165, 1.54) is 5.69 Å². The highest BCUT2D eigenvalue weighted by atomic mass is 15.1. The highest BCUT2D eigenvalue weighted by Crippen LogP contribution is 1.97. The van der Waals surface area contributed by atoms with Crippen molar-refractivity contribution < 1.29 is 0 Å². The van der Waals surface area contributed by atoms with Gasteiger partial charge in [0.05, 0.1) is 0 Å². The zero-order valence-electron chi connectivity index (χ0n) is 10.2. The zero-order valence-corrected chi connectivity index (χ0v) is 10.2. The van der Waals surface area contributed by atoms with Crippen LogP contribution in [0.3, 0.4) is 0 Å². The minimum absolute atomic E-state index is 0.963. The van der Waals surface area contributed by atoms with Crippen molar-refractivity contribution in [1.82, 2.24) is 14.8 Å².